The lowest BCUT2D eigenvalue weighted by atomic mass is 9.93. The molecule has 2 amide bonds. The summed E-state index contributed by atoms with van der Waals surface area (Å²) < 4.78 is 1.69. The van der Waals surface area contributed by atoms with Gasteiger partial charge in [-0.25, -0.2) is 0 Å². The van der Waals surface area contributed by atoms with Crippen LogP contribution in [-0.4, -0.2) is 57.6 Å². The van der Waals surface area contributed by atoms with Gasteiger partial charge in [0.1, 0.15) is 5.69 Å². The third-order valence-electron chi connectivity index (χ3n) is 6.05. The SMILES string of the molecule is Cn1nc(-c2ccccc2)cc1C(=O)N1CCC(CCN2CCCC2=O)CC1. The molecule has 2 aromatic rings. The maximum Gasteiger partial charge on any atom is 0.272 e. The number of likely N-dealkylation sites (tertiary alicyclic amines) is 2. The Morgan fingerprint density at radius 2 is 1.89 bits per heavy atom. The maximum atomic E-state index is 13.0. The van der Waals surface area contributed by atoms with E-state index in [9.17, 15) is 9.59 Å². The molecule has 0 unspecified atom stereocenters. The Hall–Kier alpha value is -2.63. The highest BCUT2D eigenvalue weighted by molar-refractivity contribution is 5.93. The number of nitrogens with zero attached hydrogens (tertiary/aromatic N) is 4. The van der Waals surface area contributed by atoms with E-state index in [-0.39, 0.29) is 5.91 Å². The van der Waals surface area contributed by atoms with Crippen molar-refractivity contribution in [3.63, 3.8) is 0 Å². The van der Waals surface area contributed by atoms with Gasteiger partial charge in [-0.3, -0.25) is 14.3 Å². The first kappa shape index (κ1) is 18.7. The number of aryl methyl sites for hydroxylation is 1. The highest BCUT2D eigenvalue weighted by Gasteiger charge is 2.27. The summed E-state index contributed by atoms with van der Waals surface area (Å²) in [6.45, 7) is 3.35. The molecule has 0 N–H and O–H groups in total. The van der Waals surface area contributed by atoms with Crippen LogP contribution < -0.4 is 0 Å². The molecule has 0 bridgehead atoms. The van der Waals surface area contributed by atoms with Crippen molar-refractivity contribution in [3.8, 4) is 11.3 Å². The number of rotatable bonds is 5. The van der Waals surface area contributed by atoms with Gasteiger partial charge < -0.3 is 9.80 Å². The highest BCUT2D eigenvalue weighted by Crippen LogP contribution is 2.24. The van der Waals surface area contributed by atoms with E-state index in [1.807, 2.05) is 53.2 Å². The quantitative estimate of drug-likeness (QED) is 0.801. The van der Waals surface area contributed by atoms with Gasteiger partial charge in [-0.05, 0) is 37.7 Å². The zero-order valence-electron chi connectivity index (χ0n) is 16.5. The molecule has 1 aromatic heterocycles. The monoisotopic (exact) mass is 380 g/mol. The molecule has 2 aliphatic rings. The van der Waals surface area contributed by atoms with Gasteiger partial charge >= 0.3 is 0 Å². The summed E-state index contributed by atoms with van der Waals surface area (Å²) in [6, 6.07) is 11.8. The van der Waals surface area contributed by atoms with Crippen LogP contribution in [0.25, 0.3) is 11.3 Å². The molecule has 6 heteroatoms. The molecular formula is C22H28N4O2. The van der Waals surface area contributed by atoms with Crippen LogP contribution in [-0.2, 0) is 11.8 Å². The molecule has 2 saturated heterocycles. The van der Waals surface area contributed by atoms with Crippen molar-refractivity contribution < 1.29 is 9.59 Å². The Morgan fingerprint density at radius 1 is 1.14 bits per heavy atom. The highest BCUT2D eigenvalue weighted by atomic mass is 16.2. The molecular weight excluding hydrogens is 352 g/mol. The van der Waals surface area contributed by atoms with E-state index in [0.717, 1.165) is 63.1 Å². The fourth-order valence-electron chi connectivity index (χ4n) is 4.28. The second kappa shape index (κ2) is 8.17. The summed E-state index contributed by atoms with van der Waals surface area (Å²) in [5.74, 6) is 0.965. The molecule has 2 aliphatic heterocycles. The van der Waals surface area contributed by atoms with E-state index in [1.165, 1.54) is 0 Å². The molecule has 0 atom stereocenters. The Kier molecular flexibility index (Phi) is 5.46. The van der Waals surface area contributed by atoms with Gasteiger partial charge in [0.2, 0.25) is 5.91 Å². The molecule has 3 heterocycles. The minimum atomic E-state index is 0.0605. The molecule has 148 valence electrons. The molecule has 4 rings (SSSR count). The lowest BCUT2D eigenvalue weighted by molar-refractivity contribution is -0.127. The first-order valence-corrected chi connectivity index (χ1v) is 10.3. The number of benzene rings is 1. The second-order valence-corrected chi connectivity index (χ2v) is 7.91. The second-order valence-electron chi connectivity index (χ2n) is 7.91. The minimum Gasteiger partial charge on any atom is -0.343 e. The van der Waals surface area contributed by atoms with Crippen molar-refractivity contribution in [2.45, 2.75) is 32.1 Å². The number of carbonyl (C=O) groups is 2. The zero-order chi connectivity index (χ0) is 19.5. The molecule has 2 fully saturated rings. The molecule has 0 radical (unpaired) electrons. The molecule has 28 heavy (non-hydrogen) atoms. The molecule has 0 aliphatic carbocycles. The minimum absolute atomic E-state index is 0.0605. The lowest BCUT2D eigenvalue weighted by Crippen LogP contribution is -2.40. The Balaban J connectivity index is 1.33. The van der Waals surface area contributed by atoms with Gasteiger partial charge in [-0.15, -0.1) is 0 Å². The molecule has 0 spiro atoms. The fourth-order valence-corrected chi connectivity index (χ4v) is 4.28. The fraction of sp³-hybridized carbons (Fsp3) is 0.500. The van der Waals surface area contributed by atoms with Gasteiger partial charge in [0, 0.05) is 45.2 Å². The van der Waals surface area contributed by atoms with Crippen LogP contribution in [0, 0.1) is 5.92 Å². The van der Waals surface area contributed by atoms with E-state index in [0.29, 0.717) is 23.9 Å². The maximum absolute atomic E-state index is 13.0. The van der Waals surface area contributed by atoms with E-state index < -0.39 is 0 Å². The summed E-state index contributed by atoms with van der Waals surface area (Å²) in [5.41, 5.74) is 2.49. The van der Waals surface area contributed by atoms with Crippen molar-refractivity contribution in [3.05, 3.63) is 42.1 Å². The number of carbonyl (C=O) groups excluding carboxylic acids is 2. The average Bonchev–Trinajstić information content (AvgIpc) is 3.32. The van der Waals surface area contributed by atoms with Gasteiger partial charge in [0.05, 0.1) is 5.69 Å². The van der Waals surface area contributed by atoms with E-state index in [4.69, 9.17) is 0 Å². The van der Waals surface area contributed by atoms with Crippen molar-refractivity contribution >= 4 is 11.8 Å². The van der Waals surface area contributed by atoms with Crippen molar-refractivity contribution in [2.24, 2.45) is 13.0 Å². The predicted octanol–water partition coefficient (Wildman–Crippen LogP) is 2.95. The van der Waals surface area contributed by atoms with Crippen LogP contribution in [0.5, 0.6) is 0 Å². The zero-order valence-corrected chi connectivity index (χ0v) is 16.5. The Labute approximate surface area is 166 Å². The number of amides is 2. The number of piperidine rings is 1. The first-order chi connectivity index (χ1) is 13.6. The third-order valence-corrected chi connectivity index (χ3v) is 6.05. The number of hydrogen-bond acceptors (Lipinski definition) is 3. The largest absolute Gasteiger partial charge is 0.343 e. The number of aromatic nitrogens is 2. The van der Waals surface area contributed by atoms with Crippen LogP contribution in [0.4, 0.5) is 0 Å². The van der Waals surface area contributed by atoms with E-state index in [2.05, 4.69) is 5.10 Å². The van der Waals surface area contributed by atoms with Crippen molar-refractivity contribution in [2.75, 3.05) is 26.2 Å². The van der Waals surface area contributed by atoms with Crippen LogP contribution in [0.15, 0.2) is 36.4 Å². The Morgan fingerprint density at radius 3 is 2.57 bits per heavy atom. The number of hydrogen-bond donors (Lipinski definition) is 0. The topological polar surface area (TPSA) is 58.4 Å². The normalized spacial score (nSPS) is 18.1. The van der Waals surface area contributed by atoms with Crippen LogP contribution in [0.2, 0.25) is 0 Å². The summed E-state index contributed by atoms with van der Waals surface area (Å²) in [7, 11) is 1.83. The van der Waals surface area contributed by atoms with Gasteiger partial charge in [0.15, 0.2) is 0 Å². The smallest absolute Gasteiger partial charge is 0.272 e. The molecule has 1 aromatic carbocycles. The molecule has 6 nitrogen and oxygen atoms in total. The van der Waals surface area contributed by atoms with Crippen molar-refractivity contribution in [1.82, 2.24) is 19.6 Å². The molecule has 0 saturated carbocycles. The summed E-state index contributed by atoms with van der Waals surface area (Å²) >= 11 is 0. The summed E-state index contributed by atoms with van der Waals surface area (Å²) in [5, 5.41) is 4.52. The Bertz CT molecular complexity index is 837. The van der Waals surface area contributed by atoms with Crippen LogP contribution >= 0.6 is 0 Å². The van der Waals surface area contributed by atoms with Gasteiger partial charge in [-0.1, -0.05) is 30.3 Å². The van der Waals surface area contributed by atoms with Crippen molar-refractivity contribution in [1.29, 1.82) is 0 Å². The predicted molar refractivity (Wildman–Crippen MR) is 108 cm³/mol. The lowest BCUT2D eigenvalue weighted by Gasteiger charge is -2.32. The van der Waals surface area contributed by atoms with E-state index in [1.54, 1.807) is 4.68 Å². The first-order valence-electron chi connectivity index (χ1n) is 10.3. The van der Waals surface area contributed by atoms with Gasteiger partial charge in [0.25, 0.3) is 5.91 Å². The summed E-state index contributed by atoms with van der Waals surface area (Å²) in [4.78, 5) is 28.7. The third kappa shape index (κ3) is 3.96. The standard InChI is InChI=1S/C22H28N4O2/c1-24-20(16-19(23-24)18-6-3-2-4-7-18)22(28)26-14-10-17(11-15-26)9-13-25-12-5-8-21(25)27/h2-4,6-7,16-17H,5,8-15H2,1H3. The summed E-state index contributed by atoms with van der Waals surface area (Å²) in [6.07, 6.45) is 4.79. The van der Waals surface area contributed by atoms with E-state index >= 15 is 0 Å². The van der Waals surface area contributed by atoms with Crippen LogP contribution in [0.3, 0.4) is 0 Å². The van der Waals surface area contributed by atoms with Crippen LogP contribution in [0.1, 0.15) is 42.6 Å². The average molecular weight is 380 g/mol. The van der Waals surface area contributed by atoms with Gasteiger partial charge in [-0.2, -0.15) is 5.10 Å².